The number of nitrogens with zero attached hydrogens (tertiary/aromatic N) is 1. The fourth-order valence-electron chi connectivity index (χ4n) is 4.98. The first-order chi connectivity index (χ1) is 19.7. The Hall–Kier alpha value is -4.80. The molecule has 8 nitrogen and oxygen atoms in total. The lowest BCUT2D eigenvalue weighted by Crippen LogP contribution is -2.58. The third-order valence-electron chi connectivity index (χ3n) is 7.09. The Bertz CT molecular complexity index is 1680. The molecule has 1 aliphatic rings. The number of carboxylic acid groups (broad SMARTS) is 2. The molecule has 0 bridgehead atoms. The maximum atomic E-state index is 13.1. The van der Waals surface area contributed by atoms with Gasteiger partial charge in [-0.15, -0.1) is 0 Å². The monoisotopic (exact) mass is 582 g/mol. The van der Waals surface area contributed by atoms with E-state index in [4.69, 9.17) is 14.3 Å². The second kappa shape index (κ2) is 11.6. The summed E-state index contributed by atoms with van der Waals surface area (Å²) in [5.41, 5.74) is 4.17. The van der Waals surface area contributed by atoms with Crippen molar-refractivity contribution in [2.75, 3.05) is 23.3 Å². The summed E-state index contributed by atoms with van der Waals surface area (Å²) in [5.74, 6) is -3.20. The number of carbonyl (C=O) groups is 2. The molecule has 0 amide bonds. The zero-order valence-electron chi connectivity index (χ0n) is 23.0. The lowest BCUT2D eigenvalue weighted by atomic mass is 9.75. The normalized spacial score (nSPS) is 14.8. The van der Waals surface area contributed by atoms with Gasteiger partial charge in [-0.1, -0.05) is 55.5 Å². The lowest BCUT2D eigenvalue weighted by molar-refractivity contribution is -0.192. The predicted molar refractivity (Wildman–Crippen MR) is 152 cm³/mol. The molecule has 2 heterocycles. The van der Waals surface area contributed by atoms with Crippen molar-refractivity contribution in [3.8, 4) is 0 Å². The minimum atomic E-state index is -5.08. The molecule has 11 heteroatoms. The van der Waals surface area contributed by atoms with E-state index in [1.807, 2.05) is 44.2 Å². The Morgan fingerprint density at radius 2 is 1.60 bits per heavy atom. The first kappa shape index (κ1) is 30.2. The van der Waals surface area contributed by atoms with Crippen molar-refractivity contribution in [3.05, 3.63) is 105 Å². The molecule has 220 valence electrons. The molecule has 1 unspecified atom stereocenters. The first-order valence-electron chi connectivity index (χ1n) is 13.0. The topological polar surface area (TPSA) is 120 Å². The van der Waals surface area contributed by atoms with Crippen molar-refractivity contribution in [3.63, 3.8) is 0 Å². The van der Waals surface area contributed by atoms with E-state index >= 15 is 0 Å². The average molecular weight is 583 g/mol. The minimum absolute atomic E-state index is 0.000278. The SMILES string of the molecule is Cc1cc(C(C)Nc2ccccc2C(=O)O)c2oc(N3CC(C)(c4ccccc4)C3)cc(=O)c2c1.O=C(O)C(F)(F)F. The molecule has 1 aromatic heterocycles. The summed E-state index contributed by atoms with van der Waals surface area (Å²) in [5, 5.41) is 20.5. The number of hydrogen-bond donors (Lipinski definition) is 3. The fourth-order valence-corrected chi connectivity index (χ4v) is 4.98. The second-order valence-corrected chi connectivity index (χ2v) is 10.5. The van der Waals surface area contributed by atoms with Crippen molar-refractivity contribution in [1.82, 2.24) is 0 Å². The van der Waals surface area contributed by atoms with Gasteiger partial charge in [-0.3, -0.25) is 4.79 Å². The van der Waals surface area contributed by atoms with Crippen molar-refractivity contribution >= 4 is 34.5 Å². The van der Waals surface area contributed by atoms with Gasteiger partial charge >= 0.3 is 18.1 Å². The molecule has 0 spiro atoms. The quantitative estimate of drug-likeness (QED) is 0.240. The highest BCUT2D eigenvalue weighted by molar-refractivity contribution is 5.94. The standard InChI is InChI=1S/C29H28N2O4.C2HF3O2/c1-18-13-22(19(2)30-24-12-8-7-11-21(24)28(33)34)27-23(14-18)25(32)15-26(35-27)31-16-29(3,17-31)20-9-5-4-6-10-20;3-2(4,5)1(6)7/h4-15,19,30H,16-17H2,1-3H3,(H,33,34);(H,6,7). The van der Waals surface area contributed by atoms with Crippen LogP contribution in [0.2, 0.25) is 0 Å². The third kappa shape index (κ3) is 6.40. The number of aryl methyl sites for hydroxylation is 1. The Labute approximate surface area is 239 Å². The summed E-state index contributed by atoms with van der Waals surface area (Å²) >= 11 is 0. The zero-order valence-corrected chi connectivity index (χ0v) is 23.0. The van der Waals surface area contributed by atoms with Crippen LogP contribution in [0.4, 0.5) is 24.7 Å². The largest absolute Gasteiger partial charge is 0.490 e. The molecule has 0 saturated carbocycles. The van der Waals surface area contributed by atoms with Crippen LogP contribution in [0, 0.1) is 6.92 Å². The summed E-state index contributed by atoms with van der Waals surface area (Å²) in [6, 6.07) is 22.3. The van der Waals surface area contributed by atoms with Gasteiger partial charge in [0.1, 0.15) is 5.58 Å². The number of para-hydroxylation sites is 1. The molecule has 5 rings (SSSR count). The molecule has 1 fully saturated rings. The van der Waals surface area contributed by atoms with Gasteiger partial charge in [-0.2, -0.15) is 13.2 Å². The number of carboxylic acids is 2. The molecule has 1 saturated heterocycles. The summed E-state index contributed by atoms with van der Waals surface area (Å²) in [7, 11) is 0. The molecular formula is C31H29F3N2O6. The van der Waals surface area contributed by atoms with Crippen molar-refractivity contribution in [2.24, 2.45) is 0 Å². The van der Waals surface area contributed by atoms with Crippen LogP contribution in [0.5, 0.6) is 0 Å². The van der Waals surface area contributed by atoms with E-state index in [2.05, 4.69) is 29.3 Å². The molecule has 0 radical (unpaired) electrons. The number of benzene rings is 3. The number of aromatic carboxylic acids is 1. The van der Waals surface area contributed by atoms with E-state index in [0.717, 1.165) is 24.2 Å². The summed E-state index contributed by atoms with van der Waals surface area (Å²) < 4.78 is 38.1. The van der Waals surface area contributed by atoms with Crippen molar-refractivity contribution < 1.29 is 37.4 Å². The Morgan fingerprint density at radius 3 is 2.19 bits per heavy atom. The van der Waals surface area contributed by atoms with E-state index in [1.54, 1.807) is 30.3 Å². The van der Waals surface area contributed by atoms with E-state index in [-0.39, 0.29) is 22.4 Å². The molecule has 42 heavy (non-hydrogen) atoms. The third-order valence-corrected chi connectivity index (χ3v) is 7.09. The highest BCUT2D eigenvalue weighted by atomic mass is 19.4. The van der Waals surface area contributed by atoms with Gasteiger partial charge in [0.05, 0.1) is 17.0 Å². The fraction of sp³-hybridized carbons (Fsp3) is 0.258. The van der Waals surface area contributed by atoms with Gasteiger partial charge in [0.15, 0.2) is 11.3 Å². The smallest absolute Gasteiger partial charge is 0.478 e. The van der Waals surface area contributed by atoms with Gasteiger partial charge in [-0.25, -0.2) is 9.59 Å². The average Bonchev–Trinajstić information content (AvgIpc) is 2.91. The number of hydrogen-bond acceptors (Lipinski definition) is 6. The van der Waals surface area contributed by atoms with Crippen molar-refractivity contribution in [1.29, 1.82) is 0 Å². The van der Waals surface area contributed by atoms with Crippen LogP contribution in [0.1, 0.15) is 46.9 Å². The van der Waals surface area contributed by atoms with E-state index in [1.165, 1.54) is 5.56 Å². The number of anilines is 2. The maximum absolute atomic E-state index is 13.1. The van der Waals surface area contributed by atoms with Crippen LogP contribution in [0.25, 0.3) is 11.0 Å². The minimum Gasteiger partial charge on any atom is -0.478 e. The van der Waals surface area contributed by atoms with Crippen LogP contribution in [-0.4, -0.2) is 41.4 Å². The molecule has 3 aromatic carbocycles. The van der Waals surface area contributed by atoms with Gasteiger partial charge in [0.2, 0.25) is 0 Å². The molecule has 1 atom stereocenters. The number of aliphatic carboxylic acids is 1. The zero-order chi connectivity index (χ0) is 30.8. The molecule has 3 N–H and O–H groups in total. The first-order valence-corrected chi connectivity index (χ1v) is 13.0. The number of nitrogens with one attached hydrogen (secondary N) is 1. The lowest BCUT2D eigenvalue weighted by Gasteiger charge is -2.48. The Kier molecular flexibility index (Phi) is 8.33. The molecular weight excluding hydrogens is 553 g/mol. The van der Waals surface area contributed by atoms with E-state index < -0.39 is 18.1 Å². The summed E-state index contributed by atoms with van der Waals surface area (Å²) in [6.07, 6.45) is -5.08. The number of halogens is 3. The van der Waals surface area contributed by atoms with Gasteiger partial charge in [0, 0.05) is 35.8 Å². The number of rotatable bonds is 6. The van der Waals surface area contributed by atoms with E-state index in [0.29, 0.717) is 22.5 Å². The molecule has 4 aromatic rings. The number of fused-ring (bicyclic) bond motifs is 1. The predicted octanol–water partition coefficient (Wildman–Crippen LogP) is 6.38. The Morgan fingerprint density at radius 1 is 1.00 bits per heavy atom. The summed E-state index contributed by atoms with van der Waals surface area (Å²) in [6.45, 7) is 7.61. The highest BCUT2D eigenvalue weighted by Crippen LogP contribution is 2.38. The number of alkyl halides is 3. The van der Waals surface area contributed by atoms with Crippen LogP contribution < -0.4 is 15.6 Å². The van der Waals surface area contributed by atoms with Gasteiger partial charge in [0.25, 0.3) is 0 Å². The summed E-state index contributed by atoms with van der Waals surface area (Å²) in [4.78, 5) is 35.8. The molecule has 0 aliphatic carbocycles. The maximum Gasteiger partial charge on any atom is 0.490 e. The van der Waals surface area contributed by atoms with Crippen LogP contribution in [0.3, 0.4) is 0 Å². The van der Waals surface area contributed by atoms with Crippen LogP contribution in [0.15, 0.2) is 82.0 Å². The van der Waals surface area contributed by atoms with Gasteiger partial charge in [-0.05, 0) is 43.2 Å². The highest BCUT2D eigenvalue weighted by Gasteiger charge is 2.41. The van der Waals surface area contributed by atoms with Crippen LogP contribution in [-0.2, 0) is 10.2 Å². The Balaban J connectivity index is 0.000000517. The van der Waals surface area contributed by atoms with E-state index in [9.17, 15) is 27.9 Å². The van der Waals surface area contributed by atoms with Gasteiger partial charge < -0.3 is 24.8 Å². The molecule has 1 aliphatic heterocycles. The van der Waals surface area contributed by atoms with Crippen molar-refractivity contribution in [2.45, 2.75) is 38.4 Å². The van der Waals surface area contributed by atoms with Crippen LogP contribution >= 0.6 is 0 Å². The second-order valence-electron chi connectivity index (χ2n) is 10.5.